The summed E-state index contributed by atoms with van der Waals surface area (Å²) in [7, 11) is 1.54. The number of carbonyl (C=O) groups is 1. The molecule has 1 amide bonds. The normalized spacial score (nSPS) is 10.7. The number of nitrogens with zero attached hydrogens (tertiary/aromatic N) is 1. The van der Waals surface area contributed by atoms with E-state index in [1.165, 1.54) is 30.5 Å². The van der Waals surface area contributed by atoms with Crippen molar-refractivity contribution in [1.29, 1.82) is 0 Å². The van der Waals surface area contributed by atoms with Crippen LogP contribution in [0.4, 0.5) is 4.39 Å². The second kappa shape index (κ2) is 7.51. The largest absolute Gasteiger partial charge is 0.495 e. The molecule has 0 radical (unpaired) electrons. The van der Waals surface area contributed by atoms with Gasteiger partial charge in [-0.25, -0.2) is 9.82 Å². The van der Waals surface area contributed by atoms with Crippen LogP contribution in [-0.2, 0) is 0 Å². The smallest absolute Gasteiger partial charge is 0.271 e. The maximum Gasteiger partial charge on any atom is 0.271 e. The van der Waals surface area contributed by atoms with Gasteiger partial charge in [-0.15, -0.1) is 0 Å². The standard InChI is InChI=1S/C15H11Br2FN2O2/c1-22-14-10(6-11(16)7-13(14)17)8-19-20-15(21)9-2-4-12(18)5-3-9/h2-8H,1H3,(H,20,21)/b19-8+. The highest BCUT2D eigenvalue weighted by atomic mass is 79.9. The Balaban J connectivity index is 2.12. The molecule has 0 fully saturated rings. The molecule has 0 unspecified atom stereocenters. The molecule has 4 nitrogen and oxygen atoms in total. The van der Waals surface area contributed by atoms with Gasteiger partial charge < -0.3 is 4.74 Å². The SMILES string of the molecule is COc1c(Br)cc(Br)cc1/C=N/NC(=O)c1ccc(F)cc1. The predicted molar refractivity (Wildman–Crippen MR) is 89.9 cm³/mol. The van der Waals surface area contributed by atoms with Crippen LogP contribution in [0, 0.1) is 5.82 Å². The van der Waals surface area contributed by atoms with E-state index in [0.29, 0.717) is 16.9 Å². The quantitative estimate of drug-likeness (QED) is 0.587. The fourth-order valence-corrected chi connectivity index (χ4v) is 3.14. The zero-order valence-corrected chi connectivity index (χ0v) is 14.6. The fourth-order valence-electron chi connectivity index (χ4n) is 1.72. The van der Waals surface area contributed by atoms with Crippen molar-refractivity contribution in [3.05, 3.63) is 62.3 Å². The lowest BCUT2D eigenvalue weighted by Gasteiger charge is -2.07. The van der Waals surface area contributed by atoms with Gasteiger partial charge >= 0.3 is 0 Å². The van der Waals surface area contributed by atoms with Crippen molar-refractivity contribution in [2.45, 2.75) is 0 Å². The van der Waals surface area contributed by atoms with E-state index in [1.807, 2.05) is 6.07 Å². The minimum Gasteiger partial charge on any atom is -0.495 e. The van der Waals surface area contributed by atoms with E-state index in [0.717, 1.165) is 8.95 Å². The van der Waals surface area contributed by atoms with Crippen molar-refractivity contribution in [2.75, 3.05) is 7.11 Å². The number of benzene rings is 2. The van der Waals surface area contributed by atoms with Gasteiger partial charge in [-0.05, 0) is 52.3 Å². The number of ether oxygens (including phenoxy) is 1. The van der Waals surface area contributed by atoms with Gasteiger partial charge in [0.25, 0.3) is 5.91 Å². The Labute approximate surface area is 143 Å². The van der Waals surface area contributed by atoms with Crippen LogP contribution in [0.15, 0.2) is 50.4 Å². The van der Waals surface area contributed by atoms with Crippen LogP contribution in [-0.4, -0.2) is 19.2 Å². The van der Waals surface area contributed by atoms with Crippen molar-refractivity contribution in [2.24, 2.45) is 5.10 Å². The highest BCUT2D eigenvalue weighted by Crippen LogP contribution is 2.31. The molecule has 114 valence electrons. The van der Waals surface area contributed by atoms with Crippen LogP contribution >= 0.6 is 31.9 Å². The molecule has 0 saturated carbocycles. The minimum atomic E-state index is -0.427. The first kappa shape index (κ1) is 16.6. The number of hydrazone groups is 1. The molecule has 7 heteroatoms. The van der Waals surface area contributed by atoms with Crippen LogP contribution < -0.4 is 10.2 Å². The van der Waals surface area contributed by atoms with Crippen LogP contribution in [0.2, 0.25) is 0 Å². The third-order valence-electron chi connectivity index (χ3n) is 2.72. The number of amides is 1. The molecule has 0 spiro atoms. The summed E-state index contributed by atoms with van der Waals surface area (Å²) in [6.07, 6.45) is 1.47. The Morgan fingerprint density at radius 1 is 1.27 bits per heavy atom. The molecule has 0 aliphatic rings. The lowest BCUT2D eigenvalue weighted by molar-refractivity contribution is 0.0955. The fraction of sp³-hybridized carbons (Fsp3) is 0.0667. The summed E-state index contributed by atoms with van der Waals surface area (Å²) < 4.78 is 19.7. The van der Waals surface area contributed by atoms with Crippen molar-refractivity contribution in [1.82, 2.24) is 5.43 Å². The summed E-state index contributed by atoms with van der Waals surface area (Å²) in [5, 5.41) is 3.89. The van der Waals surface area contributed by atoms with Crippen LogP contribution in [0.3, 0.4) is 0 Å². The number of hydrogen-bond donors (Lipinski definition) is 1. The van der Waals surface area contributed by atoms with Gasteiger partial charge in [0.2, 0.25) is 0 Å². The molecule has 0 bridgehead atoms. The number of methoxy groups -OCH3 is 1. The van der Waals surface area contributed by atoms with Crippen molar-refractivity contribution in [3.63, 3.8) is 0 Å². The van der Waals surface area contributed by atoms with E-state index >= 15 is 0 Å². The zero-order chi connectivity index (χ0) is 16.1. The Bertz CT molecular complexity index is 718. The van der Waals surface area contributed by atoms with Crippen LogP contribution in [0.1, 0.15) is 15.9 Å². The van der Waals surface area contributed by atoms with Gasteiger partial charge in [0, 0.05) is 15.6 Å². The Morgan fingerprint density at radius 3 is 2.59 bits per heavy atom. The maximum atomic E-state index is 12.8. The summed E-state index contributed by atoms with van der Waals surface area (Å²) in [6, 6.07) is 8.84. The minimum absolute atomic E-state index is 0.320. The summed E-state index contributed by atoms with van der Waals surface area (Å²) >= 11 is 6.75. The monoisotopic (exact) mass is 428 g/mol. The summed E-state index contributed by atoms with van der Waals surface area (Å²) in [6.45, 7) is 0. The lowest BCUT2D eigenvalue weighted by atomic mass is 10.2. The highest BCUT2D eigenvalue weighted by molar-refractivity contribution is 9.11. The molecule has 2 aromatic rings. The third-order valence-corrected chi connectivity index (χ3v) is 3.76. The van der Waals surface area contributed by atoms with Gasteiger partial charge in [-0.1, -0.05) is 15.9 Å². The molecule has 0 aromatic heterocycles. The van der Waals surface area contributed by atoms with Crippen molar-refractivity contribution >= 4 is 44.0 Å². The molecule has 1 N–H and O–H groups in total. The number of hydrogen-bond acceptors (Lipinski definition) is 3. The van der Waals surface area contributed by atoms with E-state index in [9.17, 15) is 9.18 Å². The molecule has 0 aliphatic heterocycles. The van der Waals surface area contributed by atoms with Gasteiger partial charge in [0.1, 0.15) is 11.6 Å². The Morgan fingerprint density at radius 2 is 1.95 bits per heavy atom. The number of halogens is 3. The van der Waals surface area contributed by atoms with Gasteiger partial charge in [-0.3, -0.25) is 4.79 Å². The van der Waals surface area contributed by atoms with Crippen molar-refractivity contribution < 1.29 is 13.9 Å². The molecule has 0 atom stereocenters. The zero-order valence-electron chi connectivity index (χ0n) is 11.4. The van der Waals surface area contributed by atoms with Gasteiger partial charge in [-0.2, -0.15) is 5.10 Å². The molecular formula is C15H11Br2FN2O2. The molecular weight excluding hydrogens is 419 g/mol. The molecule has 0 saturated heterocycles. The summed E-state index contributed by atoms with van der Waals surface area (Å²) in [4.78, 5) is 11.8. The Kier molecular flexibility index (Phi) is 5.68. The first-order valence-corrected chi connectivity index (χ1v) is 7.72. The van der Waals surface area contributed by atoms with E-state index in [4.69, 9.17) is 4.74 Å². The molecule has 2 aromatic carbocycles. The number of carbonyl (C=O) groups excluding carboxylic acids is 1. The Hall–Kier alpha value is -1.73. The van der Waals surface area contributed by atoms with E-state index in [2.05, 4.69) is 42.4 Å². The number of nitrogens with one attached hydrogen (secondary N) is 1. The predicted octanol–water partition coefficient (Wildman–Crippen LogP) is 4.12. The van der Waals surface area contributed by atoms with E-state index in [1.54, 1.807) is 13.2 Å². The summed E-state index contributed by atoms with van der Waals surface area (Å²) in [5.74, 6) is -0.226. The second-order valence-electron chi connectivity index (χ2n) is 4.22. The van der Waals surface area contributed by atoms with E-state index < -0.39 is 11.7 Å². The molecule has 2 rings (SSSR count). The molecule has 0 heterocycles. The molecule has 22 heavy (non-hydrogen) atoms. The third kappa shape index (κ3) is 4.14. The van der Waals surface area contributed by atoms with Crippen LogP contribution in [0.5, 0.6) is 5.75 Å². The van der Waals surface area contributed by atoms with Crippen molar-refractivity contribution in [3.8, 4) is 5.75 Å². The maximum absolute atomic E-state index is 12.8. The average molecular weight is 430 g/mol. The second-order valence-corrected chi connectivity index (χ2v) is 5.99. The highest BCUT2D eigenvalue weighted by Gasteiger charge is 2.08. The first-order chi connectivity index (χ1) is 10.5. The number of rotatable bonds is 4. The first-order valence-electron chi connectivity index (χ1n) is 6.13. The summed E-state index contributed by atoms with van der Waals surface area (Å²) in [5.41, 5.74) is 3.38. The van der Waals surface area contributed by atoms with Gasteiger partial charge in [0.05, 0.1) is 17.8 Å². The van der Waals surface area contributed by atoms with Gasteiger partial charge in [0.15, 0.2) is 0 Å². The van der Waals surface area contributed by atoms with Crippen LogP contribution in [0.25, 0.3) is 0 Å². The average Bonchev–Trinajstić information content (AvgIpc) is 2.47. The lowest BCUT2D eigenvalue weighted by Crippen LogP contribution is -2.17. The molecule has 0 aliphatic carbocycles. The van der Waals surface area contributed by atoms with E-state index in [-0.39, 0.29) is 0 Å². The topological polar surface area (TPSA) is 50.7 Å².